The first-order chi connectivity index (χ1) is 7.59. The van der Waals surface area contributed by atoms with Gasteiger partial charge in [0.1, 0.15) is 0 Å². The van der Waals surface area contributed by atoms with Crippen LogP contribution in [0.15, 0.2) is 18.2 Å². The summed E-state index contributed by atoms with van der Waals surface area (Å²) in [7, 11) is 0. The number of carboxylic acids is 1. The Hall–Kier alpha value is -1.55. The summed E-state index contributed by atoms with van der Waals surface area (Å²) in [5.74, 6) is -0.830. The molecule has 84 valence electrons. The smallest absolute Gasteiger partial charge is 0.305 e. The molecule has 2 rings (SSSR count). The molecule has 0 radical (unpaired) electrons. The zero-order valence-electron chi connectivity index (χ0n) is 8.77. The first-order valence-corrected chi connectivity index (χ1v) is 5.31. The SMILES string of the molecule is Cc1nn(CCC(=O)O)c2cccc(Cl)c12. The zero-order chi connectivity index (χ0) is 11.7. The van der Waals surface area contributed by atoms with Gasteiger partial charge in [0.05, 0.1) is 29.2 Å². The predicted octanol–water partition coefficient (Wildman–Crippen LogP) is 2.47. The minimum absolute atomic E-state index is 0.0583. The number of hydrogen-bond acceptors (Lipinski definition) is 2. The van der Waals surface area contributed by atoms with Gasteiger partial charge in [-0.3, -0.25) is 9.48 Å². The largest absolute Gasteiger partial charge is 0.481 e. The molecule has 0 amide bonds. The third-order valence-electron chi connectivity index (χ3n) is 2.44. The van der Waals surface area contributed by atoms with Crippen molar-refractivity contribution in [2.24, 2.45) is 0 Å². The number of hydrogen-bond donors (Lipinski definition) is 1. The third kappa shape index (κ3) is 1.88. The van der Waals surface area contributed by atoms with E-state index >= 15 is 0 Å². The lowest BCUT2D eigenvalue weighted by molar-refractivity contribution is -0.137. The van der Waals surface area contributed by atoms with Crippen molar-refractivity contribution < 1.29 is 9.90 Å². The van der Waals surface area contributed by atoms with Crippen LogP contribution >= 0.6 is 11.6 Å². The third-order valence-corrected chi connectivity index (χ3v) is 2.75. The summed E-state index contributed by atoms with van der Waals surface area (Å²) in [6.07, 6.45) is 0.0583. The summed E-state index contributed by atoms with van der Waals surface area (Å²) in [6.45, 7) is 2.23. The van der Waals surface area contributed by atoms with E-state index in [0.717, 1.165) is 16.6 Å². The molecule has 0 bridgehead atoms. The van der Waals surface area contributed by atoms with E-state index < -0.39 is 5.97 Å². The van der Waals surface area contributed by atoms with E-state index in [1.165, 1.54) is 0 Å². The lowest BCUT2D eigenvalue weighted by Gasteiger charge is -2.00. The number of carboxylic acid groups (broad SMARTS) is 1. The highest BCUT2D eigenvalue weighted by atomic mass is 35.5. The van der Waals surface area contributed by atoms with Crippen LogP contribution in [0.3, 0.4) is 0 Å². The van der Waals surface area contributed by atoms with Gasteiger partial charge in [0.15, 0.2) is 0 Å². The number of nitrogens with zero attached hydrogens (tertiary/aromatic N) is 2. The van der Waals surface area contributed by atoms with Crippen molar-refractivity contribution >= 4 is 28.5 Å². The van der Waals surface area contributed by atoms with Crippen LogP contribution in [0.5, 0.6) is 0 Å². The fraction of sp³-hybridized carbons (Fsp3) is 0.273. The number of rotatable bonds is 3. The maximum absolute atomic E-state index is 10.5. The second-order valence-electron chi connectivity index (χ2n) is 3.59. The minimum Gasteiger partial charge on any atom is -0.481 e. The number of fused-ring (bicyclic) bond motifs is 1. The highest BCUT2D eigenvalue weighted by Crippen LogP contribution is 2.26. The van der Waals surface area contributed by atoms with Crippen LogP contribution in [0.1, 0.15) is 12.1 Å². The predicted molar refractivity (Wildman–Crippen MR) is 61.7 cm³/mol. The molecular weight excluding hydrogens is 228 g/mol. The summed E-state index contributed by atoms with van der Waals surface area (Å²) < 4.78 is 1.69. The molecule has 0 unspecified atom stereocenters. The highest BCUT2D eigenvalue weighted by Gasteiger charge is 2.10. The van der Waals surface area contributed by atoms with Gasteiger partial charge >= 0.3 is 5.97 Å². The van der Waals surface area contributed by atoms with Gasteiger partial charge in [0.2, 0.25) is 0 Å². The molecule has 1 N–H and O–H groups in total. The van der Waals surface area contributed by atoms with Crippen LogP contribution in [-0.4, -0.2) is 20.9 Å². The molecular formula is C11H11ClN2O2. The Labute approximate surface area is 97.4 Å². The van der Waals surface area contributed by atoms with Crippen molar-refractivity contribution in [1.82, 2.24) is 9.78 Å². The molecule has 0 saturated carbocycles. The standard InChI is InChI=1S/C11H11ClN2O2/c1-7-11-8(12)3-2-4-9(11)14(13-7)6-5-10(15)16/h2-4H,5-6H2,1H3,(H,15,16). The van der Waals surface area contributed by atoms with Gasteiger partial charge in [-0.2, -0.15) is 5.10 Å². The van der Waals surface area contributed by atoms with Crippen molar-refractivity contribution in [3.8, 4) is 0 Å². The van der Waals surface area contributed by atoms with Crippen LogP contribution in [-0.2, 0) is 11.3 Å². The Morgan fingerprint density at radius 3 is 3.00 bits per heavy atom. The van der Waals surface area contributed by atoms with Crippen molar-refractivity contribution in [2.75, 3.05) is 0 Å². The first kappa shape index (κ1) is 11.0. The normalized spacial score (nSPS) is 10.9. The number of halogens is 1. The van der Waals surface area contributed by atoms with Crippen molar-refractivity contribution in [3.05, 3.63) is 28.9 Å². The molecule has 0 aliphatic carbocycles. The molecule has 0 saturated heterocycles. The summed E-state index contributed by atoms with van der Waals surface area (Å²) in [4.78, 5) is 10.5. The van der Waals surface area contributed by atoms with Crippen LogP contribution in [0.25, 0.3) is 10.9 Å². The Balaban J connectivity index is 2.47. The molecule has 2 aromatic rings. The van der Waals surface area contributed by atoms with Gasteiger partial charge in [-0.15, -0.1) is 0 Å². The summed E-state index contributed by atoms with van der Waals surface area (Å²) >= 11 is 6.07. The average Bonchev–Trinajstić information content (AvgIpc) is 2.54. The molecule has 1 aromatic carbocycles. The van der Waals surface area contributed by atoms with Gasteiger partial charge < -0.3 is 5.11 Å². The molecule has 0 spiro atoms. The number of aryl methyl sites for hydroxylation is 2. The summed E-state index contributed by atoms with van der Waals surface area (Å²) in [5, 5.41) is 14.5. The Kier molecular flexibility index (Phi) is 2.83. The molecule has 1 heterocycles. The number of aliphatic carboxylic acids is 1. The molecule has 1 aromatic heterocycles. The van der Waals surface area contributed by atoms with Gasteiger partial charge in [0.25, 0.3) is 0 Å². The van der Waals surface area contributed by atoms with Gasteiger partial charge in [-0.1, -0.05) is 17.7 Å². The van der Waals surface area contributed by atoms with Crippen LogP contribution in [0.4, 0.5) is 0 Å². The zero-order valence-corrected chi connectivity index (χ0v) is 9.53. The molecule has 0 aliphatic rings. The van der Waals surface area contributed by atoms with E-state index in [4.69, 9.17) is 16.7 Å². The number of aromatic nitrogens is 2. The van der Waals surface area contributed by atoms with Gasteiger partial charge in [-0.05, 0) is 19.1 Å². The Bertz CT molecular complexity index is 548. The second kappa shape index (κ2) is 4.14. The Morgan fingerprint density at radius 2 is 2.31 bits per heavy atom. The first-order valence-electron chi connectivity index (χ1n) is 4.93. The van der Waals surface area contributed by atoms with E-state index in [0.29, 0.717) is 11.6 Å². The van der Waals surface area contributed by atoms with Crippen LogP contribution in [0, 0.1) is 6.92 Å². The van der Waals surface area contributed by atoms with Crippen molar-refractivity contribution in [1.29, 1.82) is 0 Å². The van der Waals surface area contributed by atoms with Gasteiger partial charge in [0, 0.05) is 5.39 Å². The fourth-order valence-corrected chi connectivity index (χ4v) is 2.05. The molecule has 16 heavy (non-hydrogen) atoms. The van der Waals surface area contributed by atoms with E-state index in [-0.39, 0.29) is 6.42 Å². The molecule has 0 atom stereocenters. The summed E-state index contributed by atoms with van der Waals surface area (Å²) in [5.41, 5.74) is 1.71. The molecule has 0 aliphatic heterocycles. The quantitative estimate of drug-likeness (QED) is 0.894. The van der Waals surface area contributed by atoms with Crippen LogP contribution in [0.2, 0.25) is 5.02 Å². The number of benzene rings is 1. The lowest BCUT2D eigenvalue weighted by Crippen LogP contribution is -2.05. The fourth-order valence-electron chi connectivity index (χ4n) is 1.74. The van der Waals surface area contributed by atoms with Crippen molar-refractivity contribution in [3.63, 3.8) is 0 Å². The highest BCUT2D eigenvalue weighted by molar-refractivity contribution is 6.35. The minimum atomic E-state index is -0.830. The van der Waals surface area contributed by atoms with Gasteiger partial charge in [-0.25, -0.2) is 0 Å². The van der Waals surface area contributed by atoms with E-state index in [1.807, 2.05) is 19.1 Å². The molecule has 5 heteroatoms. The van der Waals surface area contributed by atoms with Crippen molar-refractivity contribution in [2.45, 2.75) is 19.9 Å². The second-order valence-corrected chi connectivity index (χ2v) is 3.99. The molecule has 0 fully saturated rings. The number of carbonyl (C=O) groups is 1. The maximum Gasteiger partial charge on any atom is 0.305 e. The molecule has 4 nitrogen and oxygen atoms in total. The average molecular weight is 239 g/mol. The van der Waals surface area contributed by atoms with E-state index in [1.54, 1.807) is 10.7 Å². The monoisotopic (exact) mass is 238 g/mol. The van der Waals surface area contributed by atoms with E-state index in [2.05, 4.69) is 5.10 Å². The Morgan fingerprint density at radius 1 is 1.56 bits per heavy atom. The van der Waals surface area contributed by atoms with E-state index in [9.17, 15) is 4.79 Å². The lowest BCUT2D eigenvalue weighted by atomic mass is 10.2. The topological polar surface area (TPSA) is 55.1 Å². The summed E-state index contributed by atoms with van der Waals surface area (Å²) in [6, 6.07) is 5.53. The van der Waals surface area contributed by atoms with Crippen LogP contribution < -0.4 is 0 Å². The maximum atomic E-state index is 10.5.